The fraction of sp³-hybridized carbons (Fsp3) is 0.615. The molecule has 1 aromatic heterocycles. The summed E-state index contributed by atoms with van der Waals surface area (Å²) in [6, 6.07) is 4.07. The quantitative estimate of drug-likeness (QED) is 0.840. The lowest BCUT2D eigenvalue weighted by Crippen LogP contribution is -2.55. The van der Waals surface area contributed by atoms with Gasteiger partial charge in [-0.1, -0.05) is 13.8 Å². The van der Waals surface area contributed by atoms with Gasteiger partial charge in [0.2, 0.25) is 0 Å². The van der Waals surface area contributed by atoms with Gasteiger partial charge in [0.25, 0.3) is 0 Å². The number of hydrogen-bond acceptors (Lipinski definition) is 3. The van der Waals surface area contributed by atoms with Crippen LogP contribution in [0.25, 0.3) is 0 Å². The van der Waals surface area contributed by atoms with Crippen molar-refractivity contribution < 1.29 is 9.84 Å². The largest absolute Gasteiger partial charge is 0.396 e. The molecule has 0 saturated carbocycles. The van der Waals surface area contributed by atoms with Crippen LogP contribution in [0.3, 0.4) is 0 Å². The monoisotopic (exact) mass is 221 g/mol. The summed E-state index contributed by atoms with van der Waals surface area (Å²) >= 11 is 0. The molecule has 0 spiro atoms. The average molecular weight is 221 g/mol. The SMILES string of the molecule is CC(C)C(CO)C1(c2ccncc2)COC1. The van der Waals surface area contributed by atoms with E-state index in [0.717, 1.165) is 0 Å². The van der Waals surface area contributed by atoms with Gasteiger partial charge in [-0.3, -0.25) is 4.98 Å². The Balaban J connectivity index is 2.32. The van der Waals surface area contributed by atoms with E-state index in [1.54, 1.807) is 0 Å². The lowest BCUT2D eigenvalue weighted by atomic mass is 9.65. The highest BCUT2D eigenvalue weighted by Gasteiger charge is 2.47. The topological polar surface area (TPSA) is 42.4 Å². The van der Waals surface area contributed by atoms with Gasteiger partial charge in [-0.2, -0.15) is 0 Å². The molecule has 16 heavy (non-hydrogen) atoms. The molecule has 1 saturated heterocycles. The Morgan fingerprint density at radius 3 is 2.38 bits per heavy atom. The van der Waals surface area contributed by atoms with Crippen LogP contribution in [0.2, 0.25) is 0 Å². The van der Waals surface area contributed by atoms with Crippen molar-refractivity contribution >= 4 is 0 Å². The zero-order chi connectivity index (χ0) is 11.6. The number of pyridine rings is 1. The first kappa shape index (κ1) is 11.6. The molecule has 1 fully saturated rings. The van der Waals surface area contributed by atoms with Crippen LogP contribution in [0.5, 0.6) is 0 Å². The summed E-state index contributed by atoms with van der Waals surface area (Å²) in [6.07, 6.45) is 3.62. The standard InChI is InChI=1S/C13H19NO2/c1-10(2)12(7-15)13(8-16-9-13)11-3-5-14-6-4-11/h3-6,10,12,15H,7-9H2,1-2H3. The normalized spacial score (nSPS) is 20.5. The summed E-state index contributed by atoms with van der Waals surface area (Å²) < 4.78 is 5.39. The molecule has 88 valence electrons. The Hall–Kier alpha value is -0.930. The van der Waals surface area contributed by atoms with Gasteiger partial charge < -0.3 is 9.84 Å². The Bertz CT molecular complexity index is 333. The molecule has 2 rings (SSSR count). The highest BCUT2D eigenvalue weighted by atomic mass is 16.5. The second-order valence-corrected chi connectivity index (χ2v) is 4.92. The first-order chi connectivity index (χ1) is 7.70. The van der Waals surface area contributed by atoms with E-state index in [9.17, 15) is 5.11 Å². The third-order valence-corrected chi connectivity index (χ3v) is 3.69. The van der Waals surface area contributed by atoms with E-state index in [2.05, 4.69) is 18.8 Å². The van der Waals surface area contributed by atoms with Gasteiger partial charge in [0.15, 0.2) is 0 Å². The molecule has 1 aliphatic rings. The van der Waals surface area contributed by atoms with Gasteiger partial charge in [0.05, 0.1) is 13.2 Å². The van der Waals surface area contributed by atoms with Crippen LogP contribution in [0.4, 0.5) is 0 Å². The number of rotatable bonds is 4. The fourth-order valence-corrected chi connectivity index (χ4v) is 2.62. The van der Waals surface area contributed by atoms with Gasteiger partial charge in [0.1, 0.15) is 0 Å². The Morgan fingerprint density at radius 1 is 1.38 bits per heavy atom. The summed E-state index contributed by atoms with van der Waals surface area (Å²) in [5, 5.41) is 9.59. The van der Waals surface area contributed by atoms with Crippen LogP contribution >= 0.6 is 0 Å². The van der Waals surface area contributed by atoms with Crippen molar-refractivity contribution in [1.82, 2.24) is 4.98 Å². The van der Waals surface area contributed by atoms with Crippen LogP contribution in [-0.2, 0) is 10.2 Å². The minimum Gasteiger partial charge on any atom is -0.396 e. The average Bonchev–Trinajstić information content (AvgIpc) is 2.23. The van der Waals surface area contributed by atoms with Gasteiger partial charge in [-0.05, 0) is 29.5 Å². The second-order valence-electron chi connectivity index (χ2n) is 4.92. The van der Waals surface area contributed by atoms with Gasteiger partial charge >= 0.3 is 0 Å². The van der Waals surface area contributed by atoms with Gasteiger partial charge in [-0.25, -0.2) is 0 Å². The van der Waals surface area contributed by atoms with Crippen LogP contribution in [-0.4, -0.2) is 29.9 Å². The fourth-order valence-electron chi connectivity index (χ4n) is 2.62. The molecule has 1 aromatic rings. The summed E-state index contributed by atoms with van der Waals surface area (Å²) in [7, 11) is 0. The lowest BCUT2D eigenvalue weighted by molar-refractivity contribution is -0.111. The second kappa shape index (κ2) is 4.52. The van der Waals surface area contributed by atoms with Crippen molar-refractivity contribution in [2.75, 3.05) is 19.8 Å². The Labute approximate surface area is 96.5 Å². The smallest absolute Gasteiger partial charge is 0.0589 e. The highest BCUT2D eigenvalue weighted by Crippen LogP contribution is 2.42. The van der Waals surface area contributed by atoms with Crippen molar-refractivity contribution in [2.45, 2.75) is 19.3 Å². The van der Waals surface area contributed by atoms with Crippen molar-refractivity contribution in [3.05, 3.63) is 30.1 Å². The first-order valence-electron chi connectivity index (χ1n) is 5.80. The third kappa shape index (κ3) is 1.74. The van der Waals surface area contributed by atoms with E-state index in [4.69, 9.17) is 4.74 Å². The van der Waals surface area contributed by atoms with Gasteiger partial charge in [-0.15, -0.1) is 0 Å². The zero-order valence-electron chi connectivity index (χ0n) is 9.89. The summed E-state index contributed by atoms with van der Waals surface area (Å²) in [4.78, 5) is 4.04. The van der Waals surface area contributed by atoms with Crippen molar-refractivity contribution in [3.8, 4) is 0 Å². The van der Waals surface area contributed by atoms with Crippen molar-refractivity contribution in [3.63, 3.8) is 0 Å². The molecule has 1 N–H and O–H groups in total. The van der Waals surface area contributed by atoms with E-state index in [0.29, 0.717) is 19.1 Å². The number of hydrogen-bond donors (Lipinski definition) is 1. The molecule has 3 nitrogen and oxygen atoms in total. The predicted octanol–water partition coefficient (Wildman–Crippen LogP) is 1.61. The van der Waals surface area contributed by atoms with E-state index >= 15 is 0 Å². The van der Waals surface area contributed by atoms with E-state index in [1.165, 1.54) is 5.56 Å². The van der Waals surface area contributed by atoms with Crippen molar-refractivity contribution in [2.24, 2.45) is 11.8 Å². The number of aliphatic hydroxyl groups excluding tert-OH is 1. The van der Waals surface area contributed by atoms with Gasteiger partial charge in [0, 0.05) is 24.4 Å². The number of aromatic nitrogens is 1. The van der Waals surface area contributed by atoms with Crippen LogP contribution < -0.4 is 0 Å². The third-order valence-electron chi connectivity index (χ3n) is 3.69. The number of ether oxygens (including phenoxy) is 1. The Kier molecular flexibility index (Phi) is 3.26. The first-order valence-corrected chi connectivity index (χ1v) is 5.80. The molecule has 0 bridgehead atoms. The minimum atomic E-state index is -0.00808. The van der Waals surface area contributed by atoms with Crippen LogP contribution in [0.1, 0.15) is 19.4 Å². The molecule has 3 heteroatoms. The minimum absolute atomic E-state index is 0.00808. The van der Waals surface area contributed by atoms with Crippen molar-refractivity contribution in [1.29, 1.82) is 0 Å². The molecule has 0 amide bonds. The predicted molar refractivity (Wildman–Crippen MR) is 62.1 cm³/mol. The molecule has 2 heterocycles. The van der Waals surface area contributed by atoms with Crippen LogP contribution in [0, 0.1) is 11.8 Å². The van der Waals surface area contributed by atoms with E-state index < -0.39 is 0 Å². The Morgan fingerprint density at radius 2 is 2.00 bits per heavy atom. The molecular weight excluding hydrogens is 202 g/mol. The van der Waals surface area contributed by atoms with Crippen LogP contribution in [0.15, 0.2) is 24.5 Å². The maximum atomic E-state index is 9.59. The maximum Gasteiger partial charge on any atom is 0.0589 e. The molecule has 1 aliphatic heterocycles. The van der Waals surface area contributed by atoms with E-state index in [-0.39, 0.29) is 17.9 Å². The molecule has 0 radical (unpaired) electrons. The molecule has 1 atom stereocenters. The van der Waals surface area contributed by atoms with E-state index in [1.807, 2.05) is 24.5 Å². The summed E-state index contributed by atoms with van der Waals surface area (Å²) in [5.41, 5.74) is 1.23. The highest BCUT2D eigenvalue weighted by molar-refractivity contribution is 5.27. The molecule has 0 aromatic carbocycles. The maximum absolute atomic E-state index is 9.59. The summed E-state index contributed by atoms with van der Waals surface area (Å²) in [5.74, 6) is 0.700. The number of nitrogens with zero attached hydrogens (tertiary/aromatic N) is 1. The zero-order valence-corrected chi connectivity index (χ0v) is 9.89. The summed E-state index contributed by atoms with van der Waals surface area (Å²) in [6.45, 7) is 5.94. The number of aliphatic hydroxyl groups is 1. The lowest BCUT2D eigenvalue weighted by Gasteiger charge is -2.48. The molecule has 0 aliphatic carbocycles. The molecule has 1 unspecified atom stereocenters. The molecular formula is C13H19NO2.